The fourth-order valence-electron chi connectivity index (χ4n) is 1.56. The molecule has 0 aliphatic rings. The summed E-state index contributed by atoms with van der Waals surface area (Å²) in [5.74, 6) is -0.0752. The van der Waals surface area contributed by atoms with Gasteiger partial charge in [-0.25, -0.2) is 0 Å². The summed E-state index contributed by atoms with van der Waals surface area (Å²) in [5.41, 5.74) is 7.06. The molecule has 18 heavy (non-hydrogen) atoms. The molecule has 2 rings (SSSR count). The zero-order valence-electron chi connectivity index (χ0n) is 9.81. The highest BCUT2D eigenvalue weighted by Gasteiger charge is 2.12. The lowest BCUT2D eigenvalue weighted by Crippen LogP contribution is -2.26. The van der Waals surface area contributed by atoms with E-state index in [1.165, 1.54) is 0 Å². The van der Waals surface area contributed by atoms with Crippen LogP contribution in [0.5, 0.6) is 0 Å². The quantitative estimate of drug-likeness (QED) is 0.641. The molecular weight excluding hydrogens is 359 g/mol. The first-order valence-electron chi connectivity index (χ1n) is 5.47. The van der Waals surface area contributed by atoms with Crippen LogP contribution in [0.3, 0.4) is 0 Å². The van der Waals surface area contributed by atoms with Gasteiger partial charge in [0.25, 0.3) is 5.91 Å². The molecule has 0 bridgehead atoms. The van der Waals surface area contributed by atoms with E-state index in [1.54, 1.807) is 29.5 Å². The summed E-state index contributed by atoms with van der Waals surface area (Å²) in [6.45, 7) is 1.98. The Morgan fingerprint density at radius 2 is 2.22 bits per heavy atom. The van der Waals surface area contributed by atoms with Gasteiger partial charge in [0.2, 0.25) is 0 Å². The first-order valence-corrected chi connectivity index (χ1v) is 7.43. The summed E-state index contributed by atoms with van der Waals surface area (Å²) in [6.07, 6.45) is 0. The van der Waals surface area contributed by atoms with Crippen molar-refractivity contribution in [1.29, 1.82) is 0 Å². The molecule has 1 aromatic carbocycles. The van der Waals surface area contributed by atoms with Crippen LogP contribution in [0.1, 0.15) is 28.2 Å². The maximum atomic E-state index is 12.1. The summed E-state index contributed by atoms with van der Waals surface area (Å²) in [5, 5.41) is 4.98. The number of halogens is 1. The number of anilines is 1. The van der Waals surface area contributed by atoms with Crippen LogP contribution in [-0.2, 0) is 0 Å². The van der Waals surface area contributed by atoms with Gasteiger partial charge in [-0.15, -0.1) is 11.3 Å². The molecule has 0 saturated heterocycles. The maximum absolute atomic E-state index is 12.1. The van der Waals surface area contributed by atoms with Crippen LogP contribution in [0.2, 0.25) is 0 Å². The first-order chi connectivity index (χ1) is 8.58. The molecule has 0 fully saturated rings. The summed E-state index contributed by atoms with van der Waals surface area (Å²) >= 11 is 3.76. The van der Waals surface area contributed by atoms with Crippen LogP contribution in [0.15, 0.2) is 35.7 Å². The lowest BCUT2D eigenvalue weighted by Gasteiger charge is -2.12. The monoisotopic (exact) mass is 372 g/mol. The minimum Gasteiger partial charge on any atom is -0.398 e. The Morgan fingerprint density at radius 1 is 1.44 bits per heavy atom. The minimum atomic E-state index is -0.0752. The van der Waals surface area contributed by atoms with Gasteiger partial charge in [0.15, 0.2) is 0 Å². The summed E-state index contributed by atoms with van der Waals surface area (Å²) in [7, 11) is 0. The Balaban J connectivity index is 2.10. The van der Waals surface area contributed by atoms with Crippen molar-refractivity contribution in [3.05, 3.63) is 49.7 Å². The predicted molar refractivity (Wildman–Crippen MR) is 83.8 cm³/mol. The van der Waals surface area contributed by atoms with Gasteiger partial charge in [0.1, 0.15) is 0 Å². The molecule has 3 nitrogen and oxygen atoms in total. The number of carbonyl (C=O) groups excluding carboxylic acids is 1. The van der Waals surface area contributed by atoms with Crippen LogP contribution in [-0.4, -0.2) is 5.91 Å². The van der Waals surface area contributed by atoms with Gasteiger partial charge in [0, 0.05) is 19.7 Å². The van der Waals surface area contributed by atoms with E-state index < -0.39 is 0 Å². The zero-order valence-corrected chi connectivity index (χ0v) is 12.8. The van der Waals surface area contributed by atoms with E-state index in [2.05, 4.69) is 27.9 Å². The van der Waals surface area contributed by atoms with E-state index in [0.29, 0.717) is 11.3 Å². The zero-order chi connectivity index (χ0) is 13.1. The number of nitrogens with one attached hydrogen (secondary N) is 1. The van der Waals surface area contributed by atoms with Crippen LogP contribution >= 0.6 is 33.9 Å². The fraction of sp³-hybridized carbons (Fsp3) is 0.154. The normalized spacial score (nSPS) is 12.1. The Labute approximate surface area is 124 Å². The molecular formula is C13H13IN2OS. The number of amides is 1. The predicted octanol–water partition coefficient (Wildman–Crippen LogP) is 3.43. The van der Waals surface area contributed by atoms with Gasteiger partial charge in [0.05, 0.1) is 6.04 Å². The van der Waals surface area contributed by atoms with Crippen molar-refractivity contribution in [2.45, 2.75) is 13.0 Å². The Hall–Kier alpha value is -1.08. The van der Waals surface area contributed by atoms with Crippen LogP contribution < -0.4 is 11.1 Å². The highest BCUT2D eigenvalue weighted by Crippen LogP contribution is 2.20. The molecule has 1 amide bonds. The summed E-state index contributed by atoms with van der Waals surface area (Å²) < 4.78 is 0.893. The van der Waals surface area contributed by atoms with Gasteiger partial charge in [-0.2, -0.15) is 0 Å². The van der Waals surface area contributed by atoms with Crippen molar-refractivity contribution in [3.8, 4) is 0 Å². The van der Waals surface area contributed by atoms with Crippen molar-refractivity contribution in [2.24, 2.45) is 0 Å². The Morgan fingerprint density at radius 3 is 2.83 bits per heavy atom. The van der Waals surface area contributed by atoms with E-state index in [4.69, 9.17) is 5.73 Å². The third-order valence-corrected chi connectivity index (χ3v) is 4.57. The number of carbonyl (C=O) groups is 1. The highest BCUT2D eigenvalue weighted by molar-refractivity contribution is 14.1. The Kier molecular flexibility index (Phi) is 4.23. The van der Waals surface area contributed by atoms with E-state index >= 15 is 0 Å². The molecule has 0 aliphatic carbocycles. The molecule has 0 spiro atoms. The number of hydrogen-bond donors (Lipinski definition) is 2. The third kappa shape index (κ3) is 3.02. The molecule has 1 aromatic heterocycles. The largest absolute Gasteiger partial charge is 0.398 e. The summed E-state index contributed by atoms with van der Waals surface area (Å²) in [6, 6.07) is 9.32. The second kappa shape index (κ2) is 5.71. The standard InChI is InChI=1S/C13H13IN2OS/c1-8(12-3-2-6-18-12)16-13(17)9-4-5-11(15)10(14)7-9/h2-8H,15H2,1H3,(H,16,17)/t8-/m1/s1. The van der Waals surface area contributed by atoms with Gasteiger partial charge in [-0.1, -0.05) is 6.07 Å². The van der Waals surface area contributed by atoms with Crippen molar-refractivity contribution in [2.75, 3.05) is 5.73 Å². The number of hydrogen-bond acceptors (Lipinski definition) is 3. The topological polar surface area (TPSA) is 55.1 Å². The lowest BCUT2D eigenvalue weighted by molar-refractivity contribution is 0.0940. The number of nitrogens with two attached hydrogens (primary N) is 1. The number of rotatable bonds is 3. The molecule has 1 heterocycles. The van der Waals surface area contributed by atoms with Crippen LogP contribution in [0, 0.1) is 3.57 Å². The fourth-order valence-corrected chi connectivity index (χ4v) is 2.81. The molecule has 0 saturated carbocycles. The molecule has 5 heteroatoms. The minimum absolute atomic E-state index is 0.0210. The van der Waals surface area contributed by atoms with E-state index in [1.807, 2.05) is 24.4 Å². The Bertz CT molecular complexity index is 554. The van der Waals surface area contributed by atoms with E-state index in [9.17, 15) is 4.79 Å². The van der Waals surface area contributed by atoms with Crippen LogP contribution in [0.25, 0.3) is 0 Å². The SMILES string of the molecule is C[C@@H](NC(=O)c1ccc(N)c(I)c1)c1cccs1. The average Bonchev–Trinajstić information content (AvgIpc) is 2.86. The second-order valence-corrected chi connectivity index (χ2v) is 6.09. The molecule has 0 radical (unpaired) electrons. The van der Waals surface area contributed by atoms with E-state index in [0.717, 1.165) is 8.45 Å². The maximum Gasteiger partial charge on any atom is 0.251 e. The molecule has 0 aliphatic heterocycles. The third-order valence-electron chi connectivity index (χ3n) is 2.58. The average molecular weight is 372 g/mol. The molecule has 1 atom stereocenters. The van der Waals surface area contributed by atoms with Crippen LogP contribution in [0.4, 0.5) is 5.69 Å². The second-order valence-electron chi connectivity index (χ2n) is 3.95. The van der Waals surface area contributed by atoms with Gasteiger partial charge < -0.3 is 11.1 Å². The molecule has 2 aromatic rings. The molecule has 3 N–H and O–H groups in total. The number of benzene rings is 1. The first kappa shape index (κ1) is 13.4. The van der Waals surface area contributed by atoms with E-state index in [-0.39, 0.29) is 11.9 Å². The van der Waals surface area contributed by atoms with Crippen molar-refractivity contribution >= 4 is 45.5 Å². The van der Waals surface area contributed by atoms with Gasteiger partial charge >= 0.3 is 0 Å². The number of nitrogen functional groups attached to an aromatic ring is 1. The highest BCUT2D eigenvalue weighted by atomic mass is 127. The molecule has 94 valence electrons. The van der Waals surface area contributed by atoms with Crippen molar-refractivity contribution < 1.29 is 4.79 Å². The number of thiophene rings is 1. The summed E-state index contributed by atoms with van der Waals surface area (Å²) in [4.78, 5) is 13.2. The molecule has 0 unspecified atom stereocenters. The van der Waals surface area contributed by atoms with Gasteiger partial charge in [-0.3, -0.25) is 4.79 Å². The lowest BCUT2D eigenvalue weighted by atomic mass is 10.2. The smallest absolute Gasteiger partial charge is 0.251 e. The van der Waals surface area contributed by atoms with Gasteiger partial charge in [-0.05, 0) is 59.2 Å². The van der Waals surface area contributed by atoms with Crippen molar-refractivity contribution in [1.82, 2.24) is 5.32 Å². The van der Waals surface area contributed by atoms with Crippen molar-refractivity contribution in [3.63, 3.8) is 0 Å².